The summed E-state index contributed by atoms with van der Waals surface area (Å²) in [5, 5.41) is 12.9. The monoisotopic (exact) mass is 551 g/mol. The van der Waals surface area contributed by atoms with Gasteiger partial charge in [-0.2, -0.15) is 0 Å². The Morgan fingerprint density at radius 2 is 0.833 bits per heavy atom. The third-order valence-corrected chi connectivity index (χ3v) is 9.77. The van der Waals surface area contributed by atoms with Crippen LogP contribution in [-0.4, -0.2) is 0 Å². The molecular formula is C40H25NS. The Labute approximate surface area is 247 Å². The van der Waals surface area contributed by atoms with E-state index >= 15 is 0 Å². The van der Waals surface area contributed by atoms with Crippen molar-refractivity contribution in [3.05, 3.63) is 152 Å². The summed E-state index contributed by atoms with van der Waals surface area (Å²) in [6, 6.07) is 55.5. The summed E-state index contributed by atoms with van der Waals surface area (Å²) in [6.07, 6.45) is 0. The van der Waals surface area contributed by atoms with Gasteiger partial charge in [-0.3, -0.25) is 0 Å². The first-order valence-electron chi connectivity index (χ1n) is 14.4. The number of nitrogens with zero attached hydrogens (tertiary/aromatic N) is 1. The number of anilines is 3. The lowest BCUT2D eigenvalue weighted by atomic mass is 9.97. The average molecular weight is 552 g/mol. The van der Waals surface area contributed by atoms with Gasteiger partial charge in [-0.15, -0.1) is 11.3 Å². The maximum Gasteiger partial charge on any atom is 0.0468 e. The van der Waals surface area contributed by atoms with Crippen molar-refractivity contribution in [1.29, 1.82) is 0 Å². The van der Waals surface area contributed by atoms with E-state index in [0.717, 1.165) is 17.1 Å². The predicted molar refractivity (Wildman–Crippen MR) is 184 cm³/mol. The van der Waals surface area contributed by atoms with Crippen molar-refractivity contribution in [2.24, 2.45) is 0 Å². The van der Waals surface area contributed by atoms with Gasteiger partial charge in [0.25, 0.3) is 0 Å². The SMILES string of the molecule is c1ccc2cc(N(c3ccc4ccccc4c3)c3ccc4sc5c6ccccc6c6ccccc6c5c4c3)ccc2c1. The van der Waals surface area contributed by atoms with Crippen LogP contribution in [0.2, 0.25) is 0 Å². The molecule has 8 aromatic carbocycles. The minimum Gasteiger partial charge on any atom is -0.310 e. The van der Waals surface area contributed by atoms with Crippen LogP contribution in [0.3, 0.4) is 0 Å². The highest BCUT2D eigenvalue weighted by molar-refractivity contribution is 7.27. The van der Waals surface area contributed by atoms with E-state index in [4.69, 9.17) is 0 Å². The fourth-order valence-corrected chi connectivity index (χ4v) is 7.85. The molecule has 2 heteroatoms. The second-order valence-electron chi connectivity index (χ2n) is 11.0. The van der Waals surface area contributed by atoms with Crippen molar-refractivity contribution >= 4 is 91.7 Å². The van der Waals surface area contributed by atoms with Crippen LogP contribution >= 0.6 is 11.3 Å². The predicted octanol–water partition coefficient (Wildman–Crippen LogP) is 12.1. The molecule has 0 spiro atoms. The summed E-state index contributed by atoms with van der Waals surface area (Å²) in [4.78, 5) is 2.41. The molecule has 42 heavy (non-hydrogen) atoms. The Hall–Kier alpha value is -5.18. The molecule has 0 saturated carbocycles. The van der Waals surface area contributed by atoms with E-state index in [1.807, 2.05) is 11.3 Å². The average Bonchev–Trinajstić information content (AvgIpc) is 3.44. The molecule has 0 amide bonds. The van der Waals surface area contributed by atoms with Gasteiger partial charge in [-0.1, -0.05) is 109 Å². The zero-order chi connectivity index (χ0) is 27.6. The van der Waals surface area contributed by atoms with E-state index in [-0.39, 0.29) is 0 Å². The molecule has 0 N–H and O–H groups in total. The standard InChI is InChI=1S/C40H25NS/c1-3-11-28-23-30(19-17-26(28)9-1)41(31-20-18-27-10-2-4-12-29(27)24-31)32-21-22-38-37(25-32)39-35-15-7-5-13-33(35)34-14-6-8-16-36(34)40(39)42-38/h1-25H. The fourth-order valence-electron chi connectivity index (χ4n) is 6.61. The van der Waals surface area contributed by atoms with Crippen LogP contribution in [0.25, 0.3) is 63.3 Å². The van der Waals surface area contributed by atoms with Crippen LogP contribution in [0.1, 0.15) is 0 Å². The van der Waals surface area contributed by atoms with Gasteiger partial charge in [-0.25, -0.2) is 0 Å². The van der Waals surface area contributed by atoms with Gasteiger partial charge in [0.1, 0.15) is 0 Å². The molecule has 1 heterocycles. The van der Waals surface area contributed by atoms with Crippen LogP contribution in [0.4, 0.5) is 17.1 Å². The maximum atomic E-state index is 2.41. The third kappa shape index (κ3) is 3.56. The molecule has 196 valence electrons. The normalized spacial score (nSPS) is 11.8. The van der Waals surface area contributed by atoms with Gasteiger partial charge >= 0.3 is 0 Å². The Bertz CT molecular complexity index is 2410. The lowest BCUT2D eigenvalue weighted by Crippen LogP contribution is -2.09. The van der Waals surface area contributed by atoms with Gasteiger partial charge < -0.3 is 4.90 Å². The van der Waals surface area contributed by atoms with Crippen molar-refractivity contribution in [3.63, 3.8) is 0 Å². The summed E-state index contributed by atoms with van der Waals surface area (Å²) in [5.41, 5.74) is 3.46. The second kappa shape index (κ2) is 9.17. The minimum absolute atomic E-state index is 1.15. The zero-order valence-corrected chi connectivity index (χ0v) is 23.6. The summed E-state index contributed by atoms with van der Waals surface area (Å²) in [6.45, 7) is 0. The van der Waals surface area contributed by atoms with Crippen molar-refractivity contribution in [1.82, 2.24) is 0 Å². The highest BCUT2D eigenvalue weighted by atomic mass is 32.1. The molecule has 9 rings (SSSR count). The Balaban J connectivity index is 1.35. The molecule has 0 aliphatic heterocycles. The first-order valence-corrected chi connectivity index (χ1v) is 15.2. The topological polar surface area (TPSA) is 3.24 Å². The molecular weight excluding hydrogens is 527 g/mol. The summed E-state index contributed by atoms with van der Waals surface area (Å²) >= 11 is 1.90. The summed E-state index contributed by atoms with van der Waals surface area (Å²) < 4.78 is 2.67. The molecule has 0 saturated heterocycles. The number of benzene rings is 8. The Morgan fingerprint density at radius 1 is 0.357 bits per heavy atom. The van der Waals surface area contributed by atoms with Crippen molar-refractivity contribution in [2.45, 2.75) is 0 Å². The quantitative estimate of drug-likeness (QED) is 0.197. The van der Waals surface area contributed by atoms with Crippen LogP contribution in [0, 0.1) is 0 Å². The lowest BCUT2D eigenvalue weighted by Gasteiger charge is -2.26. The molecule has 0 fully saturated rings. The molecule has 0 atom stereocenters. The molecule has 1 nitrogen and oxygen atoms in total. The van der Waals surface area contributed by atoms with Gasteiger partial charge in [-0.05, 0) is 80.2 Å². The largest absolute Gasteiger partial charge is 0.310 e. The molecule has 0 unspecified atom stereocenters. The number of fused-ring (bicyclic) bond motifs is 10. The minimum atomic E-state index is 1.15. The van der Waals surface area contributed by atoms with E-state index in [0.29, 0.717) is 0 Å². The molecule has 9 aromatic rings. The van der Waals surface area contributed by atoms with E-state index in [9.17, 15) is 0 Å². The molecule has 0 aliphatic rings. The maximum absolute atomic E-state index is 2.41. The van der Waals surface area contributed by atoms with Crippen molar-refractivity contribution in [3.8, 4) is 0 Å². The number of rotatable bonds is 3. The molecule has 1 aromatic heterocycles. The molecule has 0 bridgehead atoms. The van der Waals surface area contributed by atoms with E-state index in [1.165, 1.54) is 63.3 Å². The summed E-state index contributed by atoms with van der Waals surface area (Å²) in [7, 11) is 0. The summed E-state index contributed by atoms with van der Waals surface area (Å²) in [5.74, 6) is 0. The molecule has 0 aliphatic carbocycles. The van der Waals surface area contributed by atoms with E-state index < -0.39 is 0 Å². The van der Waals surface area contributed by atoms with Crippen LogP contribution in [-0.2, 0) is 0 Å². The first-order chi connectivity index (χ1) is 20.8. The second-order valence-corrected chi connectivity index (χ2v) is 12.0. The highest BCUT2D eigenvalue weighted by Crippen LogP contribution is 2.46. The molecule has 0 radical (unpaired) electrons. The number of hydrogen-bond acceptors (Lipinski definition) is 2. The smallest absolute Gasteiger partial charge is 0.0468 e. The number of thiophene rings is 1. The zero-order valence-electron chi connectivity index (χ0n) is 22.8. The van der Waals surface area contributed by atoms with E-state index in [1.54, 1.807) is 0 Å². The van der Waals surface area contributed by atoms with Crippen molar-refractivity contribution in [2.75, 3.05) is 4.90 Å². The lowest BCUT2D eigenvalue weighted by molar-refractivity contribution is 1.30. The fraction of sp³-hybridized carbons (Fsp3) is 0. The van der Waals surface area contributed by atoms with Crippen LogP contribution in [0.15, 0.2) is 152 Å². The first kappa shape index (κ1) is 23.5. The van der Waals surface area contributed by atoms with Crippen LogP contribution < -0.4 is 4.90 Å². The van der Waals surface area contributed by atoms with E-state index in [2.05, 4.69) is 157 Å². The van der Waals surface area contributed by atoms with Crippen LogP contribution in [0.5, 0.6) is 0 Å². The Kier molecular flexibility index (Phi) is 5.13. The van der Waals surface area contributed by atoms with Crippen molar-refractivity contribution < 1.29 is 0 Å². The third-order valence-electron chi connectivity index (χ3n) is 8.57. The van der Waals surface area contributed by atoms with Gasteiger partial charge in [0.05, 0.1) is 0 Å². The van der Waals surface area contributed by atoms with Gasteiger partial charge in [0.2, 0.25) is 0 Å². The Morgan fingerprint density at radius 3 is 1.48 bits per heavy atom. The van der Waals surface area contributed by atoms with Gasteiger partial charge in [0.15, 0.2) is 0 Å². The van der Waals surface area contributed by atoms with Gasteiger partial charge in [0, 0.05) is 42.6 Å². The highest BCUT2D eigenvalue weighted by Gasteiger charge is 2.18. The number of hydrogen-bond donors (Lipinski definition) is 0.